The first-order chi connectivity index (χ1) is 13.3. The molecule has 158 valence electrons. The average Bonchev–Trinajstić information content (AvgIpc) is 3.06. The first kappa shape index (κ1) is 20.4. The third kappa shape index (κ3) is 2.11. The van der Waals surface area contributed by atoms with E-state index in [0.29, 0.717) is 11.9 Å². The van der Waals surface area contributed by atoms with Gasteiger partial charge in [-0.3, -0.25) is 14.4 Å². The molecule has 8 atom stereocenters. The number of aldehydes is 1. The quantitative estimate of drug-likeness (QED) is 0.458. The number of hydrogen-bond acceptors (Lipinski definition) is 7. The molecule has 0 aromatic rings. The van der Waals surface area contributed by atoms with Crippen LogP contribution in [-0.2, 0) is 19.1 Å². The maximum Gasteiger partial charge on any atom is 0.303 e. The Morgan fingerprint density at radius 1 is 1.28 bits per heavy atom. The van der Waals surface area contributed by atoms with Crippen molar-refractivity contribution in [2.45, 2.75) is 63.9 Å². The van der Waals surface area contributed by atoms with Gasteiger partial charge in [0, 0.05) is 42.4 Å². The summed E-state index contributed by atoms with van der Waals surface area (Å²) in [7, 11) is 0. The van der Waals surface area contributed by atoms with E-state index in [1.54, 1.807) is 26.0 Å². The molecular weight excluding hydrogens is 376 g/mol. The SMILES string of the molecule is CC(=O)O[C@@]12[C@H](O)[C@@H](C)[C@@]3(O)[C@@H](C=C(C=O)C[C@]4(O)C(=O)C(C)=C[C@@H]34)[C@@H]1C2(C)C. The maximum absolute atomic E-state index is 12.8. The van der Waals surface area contributed by atoms with Gasteiger partial charge in [-0.2, -0.15) is 0 Å². The van der Waals surface area contributed by atoms with Crippen molar-refractivity contribution in [3.8, 4) is 0 Å². The van der Waals surface area contributed by atoms with Gasteiger partial charge in [-0.1, -0.05) is 32.9 Å². The van der Waals surface area contributed by atoms with E-state index in [0.717, 1.165) is 0 Å². The summed E-state index contributed by atoms with van der Waals surface area (Å²) >= 11 is 0. The molecule has 0 spiro atoms. The summed E-state index contributed by atoms with van der Waals surface area (Å²) < 4.78 is 5.67. The molecule has 0 amide bonds. The number of carbonyl (C=O) groups is 3. The van der Waals surface area contributed by atoms with E-state index in [4.69, 9.17) is 4.74 Å². The van der Waals surface area contributed by atoms with Crippen LogP contribution < -0.4 is 0 Å². The fourth-order valence-corrected chi connectivity index (χ4v) is 6.82. The van der Waals surface area contributed by atoms with Crippen LogP contribution in [0.5, 0.6) is 0 Å². The van der Waals surface area contributed by atoms with Gasteiger partial charge < -0.3 is 20.1 Å². The molecule has 2 fully saturated rings. The van der Waals surface area contributed by atoms with Crippen LogP contribution in [0.25, 0.3) is 0 Å². The minimum Gasteiger partial charge on any atom is -0.456 e. The number of aliphatic hydroxyl groups excluding tert-OH is 1. The molecule has 2 saturated carbocycles. The predicted octanol–water partition coefficient (Wildman–Crippen LogP) is 0.707. The van der Waals surface area contributed by atoms with Gasteiger partial charge in [0.2, 0.25) is 0 Å². The molecule has 0 aromatic heterocycles. The highest BCUT2D eigenvalue weighted by Crippen LogP contribution is 2.76. The average molecular weight is 404 g/mol. The lowest BCUT2D eigenvalue weighted by molar-refractivity contribution is -0.218. The van der Waals surface area contributed by atoms with E-state index in [9.17, 15) is 29.7 Å². The lowest BCUT2D eigenvalue weighted by atomic mass is 9.59. The third-order valence-electron chi connectivity index (χ3n) is 8.21. The molecule has 4 aliphatic rings. The van der Waals surface area contributed by atoms with E-state index in [1.165, 1.54) is 6.92 Å². The van der Waals surface area contributed by atoms with Gasteiger partial charge in [-0.15, -0.1) is 0 Å². The zero-order chi connectivity index (χ0) is 21.7. The molecule has 0 heterocycles. The van der Waals surface area contributed by atoms with Crippen molar-refractivity contribution in [3.05, 3.63) is 23.3 Å². The van der Waals surface area contributed by atoms with Crippen LogP contribution in [-0.4, -0.2) is 56.3 Å². The van der Waals surface area contributed by atoms with Crippen molar-refractivity contribution in [1.29, 1.82) is 0 Å². The highest BCUT2D eigenvalue weighted by Gasteiger charge is 2.86. The molecule has 0 saturated heterocycles. The van der Waals surface area contributed by atoms with Gasteiger partial charge in [-0.25, -0.2) is 0 Å². The molecule has 7 heteroatoms. The summed E-state index contributed by atoms with van der Waals surface area (Å²) in [4.78, 5) is 36.4. The lowest BCUT2D eigenvalue weighted by Gasteiger charge is -2.52. The topological polar surface area (TPSA) is 121 Å². The number of hydrogen-bond donors (Lipinski definition) is 3. The largest absolute Gasteiger partial charge is 0.456 e. The number of ether oxygens (including phenoxy) is 1. The van der Waals surface area contributed by atoms with Crippen LogP contribution >= 0.6 is 0 Å². The number of carbonyl (C=O) groups excluding carboxylic acids is 3. The Morgan fingerprint density at radius 3 is 2.45 bits per heavy atom. The normalized spacial score (nSPS) is 49.7. The van der Waals surface area contributed by atoms with Gasteiger partial charge in [-0.05, 0) is 18.1 Å². The van der Waals surface area contributed by atoms with Gasteiger partial charge >= 0.3 is 5.97 Å². The molecule has 29 heavy (non-hydrogen) atoms. The molecule has 0 aromatic carbocycles. The number of esters is 1. The summed E-state index contributed by atoms with van der Waals surface area (Å²) in [6.07, 6.45) is 2.37. The van der Waals surface area contributed by atoms with E-state index >= 15 is 0 Å². The Morgan fingerprint density at radius 2 is 1.90 bits per heavy atom. The first-order valence-electron chi connectivity index (χ1n) is 10.0. The van der Waals surface area contributed by atoms with Crippen molar-refractivity contribution < 1.29 is 34.4 Å². The Hall–Kier alpha value is -1.83. The zero-order valence-electron chi connectivity index (χ0n) is 17.3. The van der Waals surface area contributed by atoms with Gasteiger partial charge in [0.25, 0.3) is 0 Å². The second kappa shape index (κ2) is 5.65. The molecule has 4 rings (SSSR count). The van der Waals surface area contributed by atoms with Crippen LogP contribution in [0.3, 0.4) is 0 Å². The van der Waals surface area contributed by atoms with Crippen LogP contribution in [0.4, 0.5) is 0 Å². The molecule has 0 bridgehead atoms. The smallest absolute Gasteiger partial charge is 0.303 e. The predicted molar refractivity (Wildman–Crippen MR) is 101 cm³/mol. The monoisotopic (exact) mass is 404 g/mol. The van der Waals surface area contributed by atoms with Gasteiger partial charge in [0.1, 0.15) is 17.5 Å². The van der Waals surface area contributed by atoms with Gasteiger partial charge in [0.05, 0.1) is 11.7 Å². The molecular formula is C22H28O7. The van der Waals surface area contributed by atoms with Crippen molar-refractivity contribution >= 4 is 18.0 Å². The Bertz CT molecular complexity index is 886. The summed E-state index contributed by atoms with van der Waals surface area (Å²) in [5.74, 6) is -4.04. The summed E-state index contributed by atoms with van der Waals surface area (Å²) in [5, 5.41) is 34.7. The van der Waals surface area contributed by atoms with Gasteiger partial charge in [0.15, 0.2) is 5.78 Å². The second-order valence-corrected chi connectivity index (χ2v) is 9.85. The van der Waals surface area contributed by atoms with Crippen LogP contribution in [0, 0.1) is 29.1 Å². The standard InChI is InChI=1S/C22H28O7/c1-10-6-15-20(27,17(10)25)8-13(9-23)7-14-16-19(4,5)22(16,29-12(3)24)18(26)11(2)21(14,15)28/h6-7,9,11,14-16,18,26-28H,8H2,1-5H3/t11-,14+,15-,16-,18-,20-,21-,22-/m1/s1. The van der Waals surface area contributed by atoms with Crippen LogP contribution in [0.15, 0.2) is 23.3 Å². The fraction of sp³-hybridized carbons (Fsp3) is 0.682. The first-order valence-corrected chi connectivity index (χ1v) is 10.0. The fourth-order valence-electron chi connectivity index (χ4n) is 6.82. The Balaban J connectivity index is 1.95. The van der Waals surface area contributed by atoms with Crippen molar-refractivity contribution in [1.82, 2.24) is 0 Å². The summed E-state index contributed by atoms with van der Waals surface area (Å²) in [5.41, 5.74) is -4.98. The molecule has 3 N–H and O–H groups in total. The molecule has 7 nitrogen and oxygen atoms in total. The lowest BCUT2D eigenvalue weighted by Crippen LogP contribution is -2.65. The number of Topliss-reactive ketones (excluding diaryl/α,β-unsaturated/α-hetero) is 1. The van der Waals surface area contributed by atoms with E-state index in [1.807, 2.05) is 13.8 Å². The van der Waals surface area contributed by atoms with Crippen LogP contribution in [0.1, 0.15) is 41.0 Å². The third-order valence-corrected chi connectivity index (χ3v) is 8.21. The zero-order valence-corrected chi connectivity index (χ0v) is 17.3. The molecule has 0 radical (unpaired) electrons. The summed E-state index contributed by atoms with van der Waals surface area (Å²) in [6, 6.07) is 0. The highest BCUT2D eigenvalue weighted by molar-refractivity contribution is 6.05. The number of fused-ring (bicyclic) bond motifs is 5. The highest BCUT2D eigenvalue weighted by atomic mass is 16.6. The minimum absolute atomic E-state index is 0.205. The molecule has 4 aliphatic carbocycles. The van der Waals surface area contributed by atoms with Crippen molar-refractivity contribution in [2.75, 3.05) is 0 Å². The Labute approximate surface area is 169 Å². The van der Waals surface area contributed by atoms with Crippen molar-refractivity contribution in [3.63, 3.8) is 0 Å². The second-order valence-electron chi connectivity index (χ2n) is 9.85. The maximum atomic E-state index is 12.8. The Kier molecular flexibility index (Phi) is 3.98. The van der Waals surface area contributed by atoms with E-state index < -0.39 is 63.7 Å². The molecule has 0 unspecified atom stereocenters. The minimum atomic E-state index is -1.95. The number of aliphatic hydroxyl groups is 3. The van der Waals surface area contributed by atoms with E-state index in [-0.39, 0.29) is 12.0 Å². The van der Waals surface area contributed by atoms with E-state index in [2.05, 4.69) is 0 Å². The number of rotatable bonds is 2. The molecule has 0 aliphatic heterocycles. The van der Waals surface area contributed by atoms with Crippen molar-refractivity contribution in [2.24, 2.45) is 29.1 Å². The van der Waals surface area contributed by atoms with Crippen LogP contribution in [0.2, 0.25) is 0 Å². The summed E-state index contributed by atoms with van der Waals surface area (Å²) in [6.45, 7) is 8.20. The number of ketones is 1.